The summed E-state index contributed by atoms with van der Waals surface area (Å²) in [6.45, 7) is 5.49. The van der Waals surface area contributed by atoms with Gasteiger partial charge in [0.2, 0.25) is 5.95 Å². The molecule has 3 rings (SSSR count). The van der Waals surface area contributed by atoms with Gasteiger partial charge in [0.05, 0.1) is 17.8 Å². The van der Waals surface area contributed by atoms with Crippen LogP contribution in [0.5, 0.6) is 0 Å². The maximum Gasteiger partial charge on any atom is 0.271 e. The largest absolute Gasteiger partial charge is 0.377 e. The Bertz CT molecular complexity index is 746. The summed E-state index contributed by atoms with van der Waals surface area (Å²) in [7, 11) is 0. The number of nitrogens with one attached hydrogen (secondary N) is 1. The zero-order chi connectivity index (χ0) is 18.4. The van der Waals surface area contributed by atoms with Gasteiger partial charge in [-0.2, -0.15) is 0 Å². The van der Waals surface area contributed by atoms with Gasteiger partial charge in [0.25, 0.3) is 5.91 Å². The Kier molecular flexibility index (Phi) is 6.41. The SMILES string of the molecule is CCOCc1ccc(CNC(=O)c2nc(N3CCCC3)ncc2Cl)cc1. The molecule has 0 unspecified atom stereocenters. The molecule has 0 atom stereocenters. The molecule has 1 aliphatic rings. The van der Waals surface area contributed by atoms with Crippen LogP contribution in [0.2, 0.25) is 5.02 Å². The molecule has 138 valence electrons. The summed E-state index contributed by atoms with van der Waals surface area (Å²) in [4.78, 5) is 23.2. The van der Waals surface area contributed by atoms with Crippen LogP contribution in [-0.4, -0.2) is 35.6 Å². The van der Waals surface area contributed by atoms with Crippen molar-refractivity contribution in [2.24, 2.45) is 0 Å². The quantitative estimate of drug-likeness (QED) is 0.806. The molecule has 1 aliphatic heterocycles. The number of carbonyl (C=O) groups excluding carboxylic acids is 1. The number of amides is 1. The average molecular weight is 375 g/mol. The van der Waals surface area contributed by atoms with Crippen molar-refractivity contribution in [1.29, 1.82) is 0 Å². The maximum atomic E-state index is 12.5. The number of ether oxygens (including phenoxy) is 1. The van der Waals surface area contributed by atoms with E-state index in [1.54, 1.807) is 0 Å². The van der Waals surface area contributed by atoms with E-state index in [1.807, 2.05) is 31.2 Å². The molecular weight excluding hydrogens is 352 g/mol. The Hall–Kier alpha value is -2.18. The number of hydrogen-bond donors (Lipinski definition) is 1. The van der Waals surface area contributed by atoms with Gasteiger partial charge in [0.1, 0.15) is 0 Å². The van der Waals surface area contributed by atoms with E-state index in [0.29, 0.717) is 25.7 Å². The molecule has 6 nitrogen and oxygen atoms in total. The topological polar surface area (TPSA) is 67.3 Å². The van der Waals surface area contributed by atoms with E-state index in [4.69, 9.17) is 16.3 Å². The predicted molar refractivity (Wildman–Crippen MR) is 101 cm³/mol. The van der Waals surface area contributed by atoms with Gasteiger partial charge in [-0.15, -0.1) is 0 Å². The minimum absolute atomic E-state index is 0.219. The van der Waals surface area contributed by atoms with Gasteiger partial charge in [-0.25, -0.2) is 9.97 Å². The van der Waals surface area contributed by atoms with E-state index >= 15 is 0 Å². The molecular formula is C19H23ClN4O2. The summed E-state index contributed by atoms with van der Waals surface area (Å²) in [6, 6.07) is 7.96. The fraction of sp³-hybridized carbons (Fsp3) is 0.421. The molecule has 1 saturated heterocycles. The second-order valence-corrected chi connectivity index (χ2v) is 6.60. The third-order valence-electron chi connectivity index (χ3n) is 4.28. The molecule has 0 bridgehead atoms. The summed E-state index contributed by atoms with van der Waals surface area (Å²) in [5.41, 5.74) is 2.33. The normalized spacial score (nSPS) is 13.8. The number of hydrogen-bond acceptors (Lipinski definition) is 5. The van der Waals surface area contributed by atoms with Crippen LogP contribution in [0.15, 0.2) is 30.5 Å². The van der Waals surface area contributed by atoms with Gasteiger partial charge in [0, 0.05) is 26.2 Å². The lowest BCUT2D eigenvalue weighted by molar-refractivity contribution is 0.0946. The standard InChI is InChI=1S/C19H23ClN4O2/c1-2-26-13-15-7-5-14(6-8-15)11-21-18(25)17-16(20)12-22-19(23-17)24-9-3-4-10-24/h5-8,12H,2-4,9-11,13H2,1H3,(H,21,25). The molecule has 1 aromatic heterocycles. The number of anilines is 1. The molecule has 0 saturated carbocycles. The Morgan fingerprint density at radius 1 is 1.23 bits per heavy atom. The van der Waals surface area contributed by atoms with Crippen molar-refractivity contribution in [3.05, 3.63) is 52.3 Å². The minimum Gasteiger partial charge on any atom is -0.377 e. The average Bonchev–Trinajstić information content (AvgIpc) is 3.20. The van der Waals surface area contributed by atoms with Crippen LogP contribution in [0.4, 0.5) is 5.95 Å². The maximum absolute atomic E-state index is 12.5. The van der Waals surface area contributed by atoms with Gasteiger partial charge in [-0.1, -0.05) is 35.9 Å². The van der Waals surface area contributed by atoms with Crippen LogP contribution < -0.4 is 10.2 Å². The monoisotopic (exact) mass is 374 g/mol. The molecule has 1 N–H and O–H groups in total. The van der Waals surface area contributed by atoms with Crippen molar-refractivity contribution in [2.75, 3.05) is 24.6 Å². The fourth-order valence-corrected chi connectivity index (χ4v) is 3.00. The van der Waals surface area contributed by atoms with E-state index in [0.717, 1.165) is 37.1 Å². The molecule has 0 aliphatic carbocycles. The highest BCUT2D eigenvalue weighted by atomic mass is 35.5. The second kappa shape index (κ2) is 8.96. The summed E-state index contributed by atoms with van der Waals surface area (Å²) in [6.07, 6.45) is 3.74. The van der Waals surface area contributed by atoms with Crippen LogP contribution in [0.3, 0.4) is 0 Å². The van der Waals surface area contributed by atoms with Crippen LogP contribution in [0, 0.1) is 0 Å². The lowest BCUT2D eigenvalue weighted by Crippen LogP contribution is -2.26. The number of nitrogens with zero attached hydrogens (tertiary/aromatic N) is 3. The summed E-state index contributed by atoms with van der Waals surface area (Å²) in [5, 5.41) is 3.13. The van der Waals surface area contributed by atoms with Crippen LogP contribution in [0.1, 0.15) is 41.4 Å². The smallest absolute Gasteiger partial charge is 0.271 e. The van der Waals surface area contributed by atoms with Crippen molar-refractivity contribution in [3.8, 4) is 0 Å². The molecule has 1 aromatic carbocycles. The Labute approximate surface area is 158 Å². The predicted octanol–water partition coefficient (Wildman–Crippen LogP) is 3.20. The van der Waals surface area contributed by atoms with Crippen LogP contribution >= 0.6 is 11.6 Å². The Morgan fingerprint density at radius 3 is 2.62 bits per heavy atom. The van der Waals surface area contributed by atoms with Crippen molar-refractivity contribution < 1.29 is 9.53 Å². The number of rotatable bonds is 7. The van der Waals surface area contributed by atoms with Gasteiger partial charge in [-0.3, -0.25) is 4.79 Å². The zero-order valence-electron chi connectivity index (χ0n) is 14.9. The highest BCUT2D eigenvalue weighted by Gasteiger charge is 2.19. The van der Waals surface area contributed by atoms with Crippen LogP contribution in [-0.2, 0) is 17.9 Å². The van der Waals surface area contributed by atoms with Gasteiger partial charge in [0.15, 0.2) is 5.69 Å². The Morgan fingerprint density at radius 2 is 1.92 bits per heavy atom. The first-order chi connectivity index (χ1) is 12.7. The minimum atomic E-state index is -0.295. The second-order valence-electron chi connectivity index (χ2n) is 6.20. The summed E-state index contributed by atoms with van der Waals surface area (Å²) in [5.74, 6) is 0.272. The third-order valence-corrected chi connectivity index (χ3v) is 4.56. The van der Waals surface area contributed by atoms with Gasteiger partial charge in [-0.05, 0) is 30.9 Å². The van der Waals surface area contributed by atoms with Crippen molar-refractivity contribution in [2.45, 2.75) is 32.9 Å². The number of halogens is 1. The zero-order valence-corrected chi connectivity index (χ0v) is 15.6. The van der Waals surface area contributed by atoms with Crippen LogP contribution in [0.25, 0.3) is 0 Å². The number of carbonyl (C=O) groups is 1. The first-order valence-electron chi connectivity index (χ1n) is 8.88. The lowest BCUT2D eigenvalue weighted by Gasteiger charge is -2.16. The Balaban J connectivity index is 1.61. The van der Waals surface area contributed by atoms with E-state index in [9.17, 15) is 4.79 Å². The first kappa shape index (κ1) is 18.6. The molecule has 26 heavy (non-hydrogen) atoms. The van der Waals surface area contributed by atoms with Crippen molar-refractivity contribution in [1.82, 2.24) is 15.3 Å². The molecule has 0 spiro atoms. The van der Waals surface area contributed by atoms with E-state index in [-0.39, 0.29) is 16.6 Å². The molecule has 7 heteroatoms. The highest BCUT2D eigenvalue weighted by Crippen LogP contribution is 2.20. The molecule has 2 heterocycles. The lowest BCUT2D eigenvalue weighted by atomic mass is 10.1. The molecule has 2 aromatic rings. The fourth-order valence-electron chi connectivity index (χ4n) is 2.83. The molecule has 0 radical (unpaired) electrons. The summed E-state index contributed by atoms with van der Waals surface area (Å²) < 4.78 is 5.38. The van der Waals surface area contributed by atoms with E-state index in [1.165, 1.54) is 6.20 Å². The molecule has 1 amide bonds. The third kappa shape index (κ3) is 4.71. The van der Waals surface area contributed by atoms with Crippen molar-refractivity contribution in [3.63, 3.8) is 0 Å². The van der Waals surface area contributed by atoms with E-state index < -0.39 is 0 Å². The van der Waals surface area contributed by atoms with Gasteiger partial charge < -0.3 is 15.0 Å². The number of benzene rings is 1. The van der Waals surface area contributed by atoms with Crippen molar-refractivity contribution >= 4 is 23.5 Å². The summed E-state index contributed by atoms with van der Waals surface area (Å²) >= 11 is 6.13. The molecule has 1 fully saturated rings. The number of aromatic nitrogens is 2. The first-order valence-corrected chi connectivity index (χ1v) is 9.26. The van der Waals surface area contributed by atoms with E-state index in [2.05, 4.69) is 20.2 Å². The van der Waals surface area contributed by atoms with Gasteiger partial charge >= 0.3 is 0 Å². The highest BCUT2D eigenvalue weighted by molar-refractivity contribution is 6.33.